The quantitative estimate of drug-likeness (QED) is 0.409. The average Bonchev–Trinajstić information content (AvgIpc) is 2.92. The van der Waals surface area contributed by atoms with Crippen LogP contribution in [0.5, 0.6) is 0 Å². The van der Waals surface area contributed by atoms with Crippen molar-refractivity contribution in [1.29, 1.82) is 0 Å². The smallest absolute Gasteiger partial charge is 0.258 e. The van der Waals surface area contributed by atoms with Crippen LogP contribution in [-0.4, -0.2) is 24.7 Å². The van der Waals surface area contributed by atoms with Gasteiger partial charge in [0.2, 0.25) is 0 Å². The van der Waals surface area contributed by atoms with Gasteiger partial charge in [-0.15, -0.1) is 0 Å². The number of nitro benzene ring substituents is 1. The van der Waals surface area contributed by atoms with Gasteiger partial charge >= 0.3 is 0 Å². The largest absolute Gasteiger partial charge is 0.270 e. The van der Waals surface area contributed by atoms with E-state index in [-0.39, 0.29) is 5.69 Å². The Balaban J connectivity index is 2.09. The fourth-order valence-corrected chi connectivity index (χ4v) is 3.05. The first-order valence-electron chi connectivity index (χ1n) is 7.10. The van der Waals surface area contributed by atoms with Crippen LogP contribution in [0.1, 0.15) is 5.69 Å². The Kier molecular flexibility index (Phi) is 3.17. The zero-order valence-electron chi connectivity index (χ0n) is 12.5. The maximum atomic E-state index is 11.0. The SMILES string of the molecule is Cc1nn(-c2ccccn2)c2nc3ccc([N+](=O)[O-])cc3c(Cl)c12. The lowest BCUT2D eigenvalue weighted by atomic mass is 10.1. The molecule has 0 spiro atoms. The van der Waals surface area contributed by atoms with Gasteiger partial charge in [0.25, 0.3) is 5.69 Å². The van der Waals surface area contributed by atoms with E-state index in [0.717, 1.165) is 0 Å². The van der Waals surface area contributed by atoms with Crippen LogP contribution < -0.4 is 0 Å². The van der Waals surface area contributed by atoms with Gasteiger partial charge in [0, 0.05) is 23.7 Å². The van der Waals surface area contributed by atoms with Crippen LogP contribution in [0.2, 0.25) is 5.02 Å². The number of hydrogen-bond acceptors (Lipinski definition) is 5. The van der Waals surface area contributed by atoms with Gasteiger partial charge in [-0.2, -0.15) is 9.78 Å². The number of aryl methyl sites for hydroxylation is 1. The highest BCUT2D eigenvalue weighted by Crippen LogP contribution is 2.34. The molecule has 0 N–H and O–H groups in total. The molecule has 3 heterocycles. The van der Waals surface area contributed by atoms with Crippen molar-refractivity contribution in [1.82, 2.24) is 19.7 Å². The van der Waals surface area contributed by atoms with Crippen molar-refractivity contribution in [3.63, 3.8) is 0 Å². The monoisotopic (exact) mass is 339 g/mol. The maximum Gasteiger partial charge on any atom is 0.270 e. The van der Waals surface area contributed by atoms with E-state index in [1.54, 1.807) is 16.9 Å². The molecule has 0 fully saturated rings. The molecule has 0 unspecified atom stereocenters. The second-order valence-corrected chi connectivity index (χ2v) is 5.65. The molecule has 8 heteroatoms. The Morgan fingerprint density at radius 3 is 2.79 bits per heavy atom. The maximum absolute atomic E-state index is 11.0. The third-order valence-electron chi connectivity index (χ3n) is 3.78. The summed E-state index contributed by atoms with van der Waals surface area (Å²) in [6, 6.07) is 9.92. The second-order valence-electron chi connectivity index (χ2n) is 5.27. The van der Waals surface area contributed by atoms with E-state index in [2.05, 4.69) is 15.1 Å². The van der Waals surface area contributed by atoms with Crippen molar-refractivity contribution in [2.45, 2.75) is 6.92 Å². The minimum absolute atomic E-state index is 0.0275. The molecule has 0 aliphatic heterocycles. The lowest BCUT2D eigenvalue weighted by Crippen LogP contribution is -2.00. The minimum atomic E-state index is -0.454. The summed E-state index contributed by atoms with van der Waals surface area (Å²) in [6.45, 7) is 1.82. The first-order chi connectivity index (χ1) is 11.6. The second kappa shape index (κ2) is 5.24. The van der Waals surface area contributed by atoms with Crippen LogP contribution in [0.4, 0.5) is 5.69 Å². The van der Waals surface area contributed by atoms with Crippen molar-refractivity contribution in [2.75, 3.05) is 0 Å². The van der Waals surface area contributed by atoms with E-state index in [4.69, 9.17) is 11.6 Å². The summed E-state index contributed by atoms with van der Waals surface area (Å²) in [5, 5.41) is 17.1. The molecule has 0 aliphatic carbocycles. The van der Waals surface area contributed by atoms with Crippen LogP contribution >= 0.6 is 11.6 Å². The molecule has 0 saturated carbocycles. The molecule has 0 radical (unpaired) electrons. The van der Waals surface area contributed by atoms with E-state index in [9.17, 15) is 10.1 Å². The van der Waals surface area contributed by atoms with Crippen LogP contribution in [0.3, 0.4) is 0 Å². The molecule has 24 heavy (non-hydrogen) atoms. The molecule has 7 nitrogen and oxygen atoms in total. The van der Waals surface area contributed by atoms with Crippen molar-refractivity contribution in [2.24, 2.45) is 0 Å². The Morgan fingerprint density at radius 2 is 2.08 bits per heavy atom. The summed E-state index contributed by atoms with van der Waals surface area (Å²) < 4.78 is 1.62. The van der Waals surface area contributed by atoms with E-state index >= 15 is 0 Å². The van der Waals surface area contributed by atoms with Gasteiger partial charge in [-0.3, -0.25) is 10.1 Å². The highest BCUT2D eigenvalue weighted by molar-refractivity contribution is 6.40. The third kappa shape index (κ3) is 2.10. The third-order valence-corrected chi connectivity index (χ3v) is 4.17. The molecule has 118 valence electrons. The van der Waals surface area contributed by atoms with Crippen molar-refractivity contribution in [3.05, 3.63) is 63.4 Å². The van der Waals surface area contributed by atoms with Gasteiger partial charge < -0.3 is 0 Å². The van der Waals surface area contributed by atoms with Crippen molar-refractivity contribution >= 4 is 39.2 Å². The molecule has 0 saturated heterocycles. The molecule has 4 rings (SSSR count). The standard InChI is InChI=1S/C16H10ClN5O2/c1-9-14-15(17)11-8-10(22(23)24)5-6-12(11)19-16(14)21(20-9)13-4-2-3-7-18-13/h2-8H,1H3. The van der Waals surface area contributed by atoms with E-state index in [0.29, 0.717) is 38.5 Å². The number of hydrogen-bond donors (Lipinski definition) is 0. The predicted molar refractivity (Wildman–Crippen MR) is 90.6 cm³/mol. The fraction of sp³-hybridized carbons (Fsp3) is 0.0625. The van der Waals surface area contributed by atoms with Gasteiger partial charge in [-0.05, 0) is 25.1 Å². The zero-order chi connectivity index (χ0) is 16.8. The van der Waals surface area contributed by atoms with Crippen LogP contribution in [0.25, 0.3) is 27.8 Å². The van der Waals surface area contributed by atoms with Gasteiger partial charge in [0.15, 0.2) is 11.5 Å². The highest BCUT2D eigenvalue weighted by atomic mass is 35.5. The Morgan fingerprint density at radius 1 is 1.25 bits per heavy atom. The molecule has 4 aromatic rings. The van der Waals surface area contributed by atoms with E-state index < -0.39 is 4.92 Å². The zero-order valence-corrected chi connectivity index (χ0v) is 13.2. The van der Waals surface area contributed by atoms with E-state index in [1.807, 2.05) is 25.1 Å². The van der Waals surface area contributed by atoms with Gasteiger partial charge in [0.1, 0.15) is 0 Å². The van der Waals surface area contributed by atoms with Crippen molar-refractivity contribution < 1.29 is 4.92 Å². The summed E-state index contributed by atoms with van der Waals surface area (Å²) >= 11 is 6.52. The van der Waals surface area contributed by atoms with Crippen molar-refractivity contribution in [3.8, 4) is 5.82 Å². The van der Waals surface area contributed by atoms with Gasteiger partial charge in [0.05, 0.1) is 26.5 Å². The molecule has 0 atom stereocenters. The van der Waals surface area contributed by atoms with Gasteiger partial charge in [-0.25, -0.2) is 9.97 Å². The lowest BCUT2D eigenvalue weighted by molar-refractivity contribution is -0.384. The Hall–Kier alpha value is -3.06. The number of halogens is 1. The molecular formula is C16H10ClN5O2. The molecule has 0 bridgehead atoms. The van der Waals surface area contributed by atoms with Gasteiger partial charge in [-0.1, -0.05) is 17.7 Å². The summed E-state index contributed by atoms with van der Waals surface area (Å²) in [7, 11) is 0. The average molecular weight is 340 g/mol. The van der Waals surface area contributed by atoms with E-state index in [1.165, 1.54) is 12.1 Å². The fourth-order valence-electron chi connectivity index (χ4n) is 2.67. The number of rotatable bonds is 2. The molecule has 3 aromatic heterocycles. The number of nitrogens with zero attached hydrogens (tertiary/aromatic N) is 5. The summed E-state index contributed by atoms with van der Waals surface area (Å²) in [6.07, 6.45) is 1.67. The molecule has 0 aliphatic rings. The number of aromatic nitrogens is 4. The molecule has 1 aromatic carbocycles. The first-order valence-corrected chi connectivity index (χ1v) is 7.48. The number of benzene rings is 1. The first kappa shape index (κ1) is 14.5. The highest BCUT2D eigenvalue weighted by Gasteiger charge is 2.18. The Bertz CT molecular complexity index is 1110. The number of non-ortho nitro benzene ring substituents is 1. The lowest BCUT2D eigenvalue weighted by Gasteiger charge is -2.05. The minimum Gasteiger partial charge on any atom is -0.258 e. The van der Waals surface area contributed by atoms with Crippen LogP contribution in [0, 0.1) is 17.0 Å². The summed E-state index contributed by atoms with van der Waals surface area (Å²) in [5.74, 6) is 0.625. The number of pyridine rings is 2. The predicted octanol–water partition coefficient (Wildman–Crippen LogP) is 3.84. The van der Waals surface area contributed by atoms with Crippen LogP contribution in [0.15, 0.2) is 42.6 Å². The summed E-state index contributed by atoms with van der Waals surface area (Å²) in [5.41, 5.74) is 1.79. The summed E-state index contributed by atoms with van der Waals surface area (Å²) in [4.78, 5) is 19.4. The normalized spacial score (nSPS) is 11.2. The topological polar surface area (TPSA) is 86.7 Å². The molecular weight excluding hydrogens is 330 g/mol. The Labute approximate surface area is 140 Å². The number of fused-ring (bicyclic) bond motifs is 2. The van der Waals surface area contributed by atoms with Crippen LogP contribution in [-0.2, 0) is 0 Å². The number of nitro groups is 1. The molecule has 0 amide bonds.